The topological polar surface area (TPSA) is 75.9 Å². The fourth-order valence-corrected chi connectivity index (χ4v) is 6.67. The average Bonchev–Trinajstić information content (AvgIpc) is 3.21. The van der Waals surface area contributed by atoms with Gasteiger partial charge in [-0.3, -0.25) is 0 Å². The Bertz CT molecular complexity index is 1210. The Labute approximate surface area is 199 Å². The molecule has 2 aromatic carbocycles. The third kappa shape index (κ3) is 5.17. The lowest BCUT2D eigenvalue weighted by atomic mass is 9.91. The number of sulfonamides is 1. The van der Waals surface area contributed by atoms with Crippen LogP contribution < -0.4 is 0 Å². The van der Waals surface area contributed by atoms with E-state index in [4.69, 9.17) is 9.26 Å². The molecule has 0 amide bonds. The summed E-state index contributed by atoms with van der Waals surface area (Å²) in [5.74, 6) is -0.0122. The van der Waals surface area contributed by atoms with E-state index in [-0.39, 0.29) is 23.5 Å². The van der Waals surface area contributed by atoms with Gasteiger partial charge in [-0.15, -0.1) is 0 Å². The minimum atomic E-state index is -3.41. The smallest absolute Gasteiger partial charge is 0.218 e. The van der Waals surface area contributed by atoms with Gasteiger partial charge in [-0.2, -0.15) is 4.31 Å². The van der Waals surface area contributed by atoms with Crippen LogP contribution in [-0.2, 0) is 20.5 Å². The second-order valence-corrected chi connectivity index (χ2v) is 11.1. The Kier molecular flexibility index (Phi) is 6.96. The molecular formula is C25H30FN3O4S. The van der Waals surface area contributed by atoms with E-state index in [0.717, 1.165) is 55.5 Å². The maximum Gasteiger partial charge on any atom is 0.218 e. The van der Waals surface area contributed by atoms with Crippen molar-refractivity contribution in [3.8, 4) is 0 Å². The first-order valence-electron chi connectivity index (χ1n) is 11.9. The predicted molar refractivity (Wildman–Crippen MR) is 127 cm³/mol. The van der Waals surface area contributed by atoms with Gasteiger partial charge >= 0.3 is 0 Å². The predicted octanol–water partition coefficient (Wildman–Crippen LogP) is 3.77. The summed E-state index contributed by atoms with van der Waals surface area (Å²) in [7, 11) is -3.41. The van der Waals surface area contributed by atoms with Crippen molar-refractivity contribution in [2.45, 2.75) is 37.0 Å². The van der Waals surface area contributed by atoms with Crippen molar-refractivity contribution < 1.29 is 22.1 Å². The van der Waals surface area contributed by atoms with Gasteiger partial charge in [0.15, 0.2) is 5.58 Å². The zero-order chi connectivity index (χ0) is 23.5. The number of likely N-dealkylation sites (tertiary alicyclic amines) is 1. The third-order valence-electron chi connectivity index (χ3n) is 6.87. The van der Waals surface area contributed by atoms with E-state index in [9.17, 15) is 12.8 Å². The van der Waals surface area contributed by atoms with Crippen LogP contribution in [0.4, 0.5) is 4.39 Å². The summed E-state index contributed by atoms with van der Waals surface area (Å²) in [4.78, 5) is 2.39. The number of halogens is 1. The normalized spacial score (nSPS) is 18.5. The van der Waals surface area contributed by atoms with Gasteiger partial charge in [0, 0.05) is 23.9 Å². The molecule has 182 valence electrons. The van der Waals surface area contributed by atoms with Crippen LogP contribution in [0.15, 0.2) is 53.1 Å². The molecule has 7 nitrogen and oxygen atoms in total. The van der Waals surface area contributed by atoms with E-state index in [0.29, 0.717) is 25.3 Å². The Morgan fingerprint density at radius 1 is 1.09 bits per heavy atom. The van der Waals surface area contributed by atoms with Gasteiger partial charge in [0.05, 0.1) is 30.7 Å². The first kappa shape index (κ1) is 23.4. The monoisotopic (exact) mass is 487 g/mol. The van der Waals surface area contributed by atoms with E-state index < -0.39 is 10.0 Å². The molecule has 0 bridgehead atoms. The van der Waals surface area contributed by atoms with E-state index in [1.165, 1.54) is 12.1 Å². The molecule has 2 aliphatic rings. The zero-order valence-electron chi connectivity index (χ0n) is 19.1. The molecule has 1 aromatic heterocycles. The molecule has 0 radical (unpaired) electrons. The summed E-state index contributed by atoms with van der Waals surface area (Å²) < 4.78 is 52.0. The fourth-order valence-electron chi connectivity index (χ4n) is 4.91. The molecule has 34 heavy (non-hydrogen) atoms. The highest BCUT2D eigenvalue weighted by molar-refractivity contribution is 7.88. The average molecular weight is 488 g/mol. The second kappa shape index (κ2) is 10.1. The molecule has 0 atom stereocenters. The summed E-state index contributed by atoms with van der Waals surface area (Å²) in [6.45, 7) is 4.13. The Balaban J connectivity index is 1.14. The lowest BCUT2D eigenvalue weighted by Gasteiger charge is -2.37. The standard InChI is InChI=1S/C25H30FN3O4S/c26-21-7-8-23-24(15-21)33-27-25(23)20-9-13-28(14-10-20)11-4-12-29(22-16-32-17-22)34(30,31)18-19-5-2-1-3-6-19/h1-3,5-8,15,20,22H,4,9-14,16-18H2. The molecule has 5 rings (SSSR count). The van der Waals surface area contributed by atoms with Crippen molar-refractivity contribution in [2.75, 3.05) is 39.4 Å². The molecule has 9 heteroatoms. The molecular weight excluding hydrogens is 457 g/mol. The number of rotatable bonds is 9. The minimum Gasteiger partial charge on any atom is -0.378 e. The highest BCUT2D eigenvalue weighted by atomic mass is 32.2. The van der Waals surface area contributed by atoms with E-state index in [2.05, 4.69) is 10.1 Å². The molecule has 2 aliphatic heterocycles. The van der Waals surface area contributed by atoms with Gasteiger partial charge in [0.25, 0.3) is 0 Å². The largest absolute Gasteiger partial charge is 0.378 e. The van der Waals surface area contributed by atoms with Crippen molar-refractivity contribution in [2.24, 2.45) is 0 Å². The van der Waals surface area contributed by atoms with Crippen LogP contribution in [0.5, 0.6) is 0 Å². The molecule has 0 aliphatic carbocycles. The van der Waals surface area contributed by atoms with Gasteiger partial charge in [-0.05, 0) is 56.6 Å². The molecule has 0 unspecified atom stereocenters. The Hall–Kier alpha value is -2.33. The van der Waals surface area contributed by atoms with E-state index in [1.807, 2.05) is 30.3 Å². The SMILES string of the molecule is O=S(=O)(Cc1ccccc1)N(CCCN1CCC(c2noc3cc(F)ccc23)CC1)C1COC1. The van der Waals surface area contributed by atoms with Crippen LogP contribution in [0.1, 0.15) is 36.4 Å². The molecule has 2 fully saturated rings. The number of nitrogens with zero attached hydrogens (tertiary/aromatic N) is 3. The van der Waals surface area contributed by atoms with Crippen LogP contribution in [-0.4, -0.2) is 68.2 Å². The quantitative estimate of drug-likeness (QED) is 0.457. The van der Waals surface area contributed by atoms with Crippen molar-refractivity contribution in [1.29, 1.82) is 0 Å². The van der Waals surface area contributed by atoms with Gasteiger partial charge in [0.1, 0.15) is 5.82 Å². The molecule has 0 N–H and O–H groups in total. The highest BCUT2D eigenvalue weighted by Gasteiger charge is 2.34. The molecule has 3 aromatic rings. The van der Waals surface area contributed by atoms with Crippen LogP contribution in [0.3, 0.4) is 0 Å². The Morgan fingerprint density at radius 3 is 2.56 bits per heavy atom. The Morgan fingerprint density at radius 2 is 1.85 bits per heavy atom. The van der Waals surface area contributed by atoms with Crippen LogP contribution in [0.25, 0.3) is 11.0 Å². The lowest BCUT2D eigenvalue weighted by Crippen LogP contribution is -2.52. The summed E-state index contributed by atoms with van der Waals surface area (Å²) in [5.41, 5.74) is 2.21. The van der Waals surface area contributed by atoms with Crippen LogP contribution in [0.2, 0.25) is 0 Å². The van der Waals surface area contributed by atoms with Gasteiger partial charge in [-0.25, -0.2) is 12.8 Å². The molecule has 3 heterocycles. The number of piperidine rings is 1. The van der Waals surface area contributed by atoms with E-state index in [1.54, 1.807) is 10.4 Å². The molecule has 0 spiro atoms. The molecule has 0 saturated carbocycles. The minimum absolute atomic E-state index is 0.0191. The highest BCUT2D eigenvalue weighted by Crippen LogP contribution is 2.33. The van der Waals surface area contributed by atoms with Crippen molar-refractivity contribution in [3.63, 3.8) is 0 Å². The van der Waals surface area contributed by atoms with E-state index >= 15 is 0 Å². The fraction of sp³-hybridized carbons (Fsp3) is 0.480. The number of aromatic nitrogens is 1. The van der Waals surface area contributed by atoms with Crippen molar-refractivity contribution >= 4 is 21.0 Å². The maximum absolute atomic E-state index is 13.4. The second-order valence-electron chi connectivity index (χ2n) is 9.22. The first-order valence-corrected chi connectivity index (χ1v) is 13.5. The number of ether oxygens (including phenoxy) is 1. The summed E-state index contributed by atoms with van der Waals surface area (Å²) in [6, 6.07) is 13.8. The number of hydrogen-bond acceptors (Lipinski definition) is 6. The van der Waals surface area contributed by atoms with Gasteiger partial charge < -0.3 is 14.2 Å². The summed E-state index contributed by atoms with van der Waals surface area (Å²) >= 11 is 0. The lowest BCUT2D eigenvalue weighted by molar-refractivity contribution is -0.0373. The van der Waals surface area contributed by atoms with Crippen LogP contribution in [0, 0.1) is 5.82 Å². The number of hydrogen-bond donors (Lipinski definition) is 0. The van der Waals surface area contributed by atoms with Gasteiger partial charge in [-0.1, -0.05) is 35.5 Å². The third-order valence-corrected chi connectivity index (χ3v) is 8.76. The zero-order valence-corrected chi connectivity index (χ0v) is 19.9. The molecule has 2 saturated heterocycles. The van der Waals surface area contributed by atoms with Crippen LogP contribution >= 0.6 is 0 Å². The van der Waals surface area contributed by atoms with Crippen molar-refractivity contribution in [3.05, 3.63) is 65.6 Å². The number of benzene rings is 2. The maximum atomic E-state index is 13.4. The first-order chi connectivity index (χ1) is 16.5. The van der Waals surface area contributed by atoms with Gasteiger partial charge in [0.2, 0.25) is 10.0 Å². The summed E-state index contributed by atoms with van der Waals surface area (Å²) in [5, 5.41) is 5.11. The number of fused-ring (bicyclic) bond motifs is 1. The summed E-state index contributed by atoms with van der Waals surface area (Å²) in [6.07, 6.45) is 2.68. The van der Waals surface area contributed by atoms with Crippen molar-refractivity contribution in [1.82, 2.24) is 14.4 Å².